The largest absolute Gasteiger partial charge is 0.492 e. The maximum absolute atomic E-state index is 6.19. The van der Waals surface area contributed by atoms with Gasteiger partial charge in [-0.2, -0.15) is 0 Å². The lowest BCUT2D eigenvalue weighted by Crippen LogP contribution is -2.11. The average molecular weight is 256 g/mol. The van der Waals surface area contributed by atoms with E-state index in [9.17, 15) is 0 Å². The van der Waals surface area contributed by atoms with E-state index in [0.717, 1.165) is 24.2 Å². The highest BCUT2D eigenvalue weighted by Crippen LogP contribution is 2.18. The van der Waals surface area contributed by atoms with Gasteiger partial charge in [-0.05, 0) is 37.0 Å². The molecule has 2 N–H and O–H groups in total. The van der Waals surface area contributed by atoms with Crippen LogP contribution in [0.25, 0.3) is 0 Å². The van der Waals surface area contributed by atoms with Gasteiger partial charge in [0.1, 0.15) is 5.75 Å². The summed E-state index contributed by atoms with van der Waals surface area (Å²) in [6.45, 7) is 2.63. The second-order valence-corrected chi connectivity index (χ2v) is 4.52. The van der Waals surface area contributed by atoms with E-state index in [2.05, 4.69) is 17.1 Å². The van der Waals surface area contributed by atoms with Gasteiger partial charge in [0.15, 0.2) is 0 Å². The number of nitrogens with zero attached hydrogens (tertiary/aromatic N) is 1. The predicted octanol–water partition coefficient (Wildman–Crippen LogP) is 3.11. The van der Waals surface area contributed by atoms with Crippen LogP contribution in [0.2, 0.25) is 0 Å². The number of nitrogens with two attached hydrogens (primary N) is 1. The van der Waals surface area contributed by atoms with E-state index in [1.165, 1.54) is 5.56 Å². The van der Waals surface area contributed by atoms with Crippen LogP contribution in [0.15, 0.2) is 48.8 Å². The van der Waals surface area contributed by atoms with Crippen LogP contribution in [0.3, 0.4) is 0 Å². The Bertz CT molecular complexity index is 499. The molecule has 1 unspecified atom stereocenters. The summed E-state index contributed by atoms with van der Waals surface area (Å²) in [5.41, 5.74) is 8.53. The molecular formula is C16H20N2O. The standard InChI is InChI=1S/C16H20N2O/c1-2-19-15-10-13(11-18-12-15)8-9-16(17)14-6-4-3-5-7-14/h3-7,10-12,16H,2,8-9,17H2,1H3. The molecular weight excluding hydrogens is 236 g/mol. The normalized spacial score (nSPS) is 12.1. The summed E-state index contributed by atoms with van der Waals surface area (Å²) < 4.78 is 5.44. The van der Waals surface area contributed by atoms with Gasteiger partial charge in [-0.1, -0.05) is 30.3 Å². The molecule has 19 heavy (non-hydrogen) atoms. The van der Waals surface area contributed by atoms with Crippen LogP contribution >= 0.6 is 0 Å². The molecule has 3 nitrogen and oxygen atoms in total. The monoisotopic (exact) mass is 256 g/mol. The van der Waals surface area contributed by atoms with Gasteiger partial charge in [-0.25, -0.2) is 0 Å². The Labute approximate surface area is 114 Å². The minimum Gasteiger partial charge on any atom is -0.492 e. The van der Waals surface area contributed by atoms with Gasteiger partial charge in [0.2, 0.25) is 0 Å². The summed E-state index contributed by atoms with van der Waals surface area (Å²) in [6, 6.07) is 12.3. The lowest BCUT2D eigenvalue weighted by Gasteiger charge is -2.12. The van der Waals surface area contributed by atoms with Crippen molar-refractivity contribution in [1.29, 1.82) is 0 Å². The molecule has 0 radical (unpaired) electrons. The van der Waals surface area contributed by atoms with Gasteiger partial charge >= 0.3 is 0 Å². The topological polar surface area (TPSA) is 48.1 Å². The Morgan fingerprint density at radius 1 is 1.21 bits per heavy atom. The maximum Gasteiger partial charge on any atom is 0.137 e. The average Bonchev–Trinajstić information content (AvgIpc) is 2.46. The summed E-state index contributed by atoms with van der Waals surface area (Å²) in [4.78, 5) is 4.19. The SMILES string of the molecule is CCOc1cncc(CCC(N)c2ccccc2)c1. The highest BCUT2D eigenvalue weighted by Gasteiger charge is 2.06. The van der Waals surface area contributed by atoms with Gasteiger partial charge in [0, 0.05) is 12.2 Å². The zero-order chi connectivity index (χ0) is 13.5. The van der Waals surface area contributed by atoms with Crippen molar-refractivity contribution < 1.29 is 4.74 Å². The zero-order valence-electron chi connectivity index (χ0n) is 11.3. The van der Waals surface area contributed by atoms with E-state index in [1.807, 2.05) is 37.4 Å². The highest BCUT2D eigenvalue weighted by atomic mass is 16.5. The Morgan fingerprint density at radius 3 is 2.74 bits per heavy atom. The number of rotatable bonds is 6. The van der Waals surface area contributed by atoms with Crippen LogP contribution < -0.4 is 10.5 Å². The third kappa shape index (κ3) is 4.07. The lowest BCUT2D eigenvalue weighted by molar-refractivity contribution is 0.338. The van der Waals surface area contributed by atoms with Crippen LogP contribution in [-0.4, -0.2) is 11.6 Å². The molecule has 0 amide bonds. The summed E-state index contributed by atoms with van der Waals surface area (Å²) in [6.07, 6.45) is 5.43. The van der Waals surface area contributed by atoms with Crippen molar-refractivity contribution in [3.63, 3.8) is 0 Å². The van der Waals surface area contributed by atoms with Crippen LogP contribution in [0.1, 0.15) is 30.5 Å². The minimum absolute atomic E-state index is 0.0666. The molecule has 1 heterocycles. The molecule has 0 aliphatic rings. The van der Waals surface area contributed by atoms with E-state index in [1.54, 1.807) is 6.20 Å². The van der Waals surface area contributed by atoms with Crippen LogP contribution in [0, 0.1) is 0 Å². The molecule has 1 aromatic carbocycles. The Kier molecular flexibility index (Phi) is 4.93. The number of benzene rings is 1. The fraction of sp³-hybridized carbons (Fsp3) is 0.312. The third-order valence-electron chi connectivity index (χ3n) is 3.05. The molecule has 0 fully saturated rings. The quantitative estimate of drug-likeness (QED) is 0.864. The molecule has 3 heteroatoms. The molecule has 0 aliphatic heterocycles. The smallest absolute Gasteiger partial charge is 0.137 e. The van der Waals surface area contributed by atoms with Crippen LogP contribution in [0.4, 0.5) is 0 Å². The van der Waals surface area contributed by atoms with Gasteiger partial charge in [0.25, 0.3) is 0 Å². The highest BCUT2D eigenvalue weighted by molar-refractivity contribution is 5.24. The Balaban J connectivity index is 1.93. The number of ether oxygens (including phenoxy) is 1. The number of aromatic nitrogens is 1. The number of hydrogen-bond acceptors (Lipinski definition) is 3. The van der Waals surface area contributed by atoms with E-state index >= 15 is 0 Å². The van der Waals surface area contributed by atoms with E-state index in [-0.39, 0.29) is 6.04 Å². The van der Waals surface area contributed by atoms with Crippen molar-refractivity contribution in [2.45, 2.75) is 25.8 Å². The summed E-state index contributed by atoms with van der Waals surface area (Å²) in [5.74, 6) is 0.827. The first-order valence-electron chi connectivity index (χ1n) is 6.67. The Morgan fingerprint density at radius 2 is 2.00 bits per heavy atom. The van der Waals surface area contributed by atoms with Gasteiger partial charge in [-0.15, -0.1) is 0 Å². The number of hydrogen-bond donors (Lipinski definition) is 1. The van der Waals surface area contributed by atoms with E-state index in [0.29, 0.717) is 6.61 Å². The Hall–Kier alpha value is -1.87. The van der Waals surface area contributed by atoms with Gasteiger partial charge in [0.05, 0.1) is 12.8 Å². The summed E-state index contributed by atoms with van der Waals surface area (Å²) >= 11 is 0. The maximum atomic E-state index is 6.19. The van der Waals surface area contributed by atoms with Crippen LogP contribution in [0.5, 0.6) is 5.75 Å². The molecule has 0 aliphatic carbocycles. The van der Waals surface area contributed by atoms with Gasteiger partial charge in [-0.3, -0.25) is 4.98 Å². The summed E-state index contributed by atoms with van der Waals surface area (Å²) in [7, 11) is 0. The molecule has 0 bridgehead atoms. The first kappa shape index (κ1) is 13.6. The molecule has 100 valence electrons. The minimum atomic E-state index is 0.0666. The van der Waals surface area contributed by atoms with Crippen molar-refractivity contribution in [1.82, 2.24) is 4.98 Å². The van der Waals surface area contributed by atoms with Gasteiger partial charge < -0.3 is 10.5 Å². The molecule has 0 saturated heterocycles. The molecule has 0 spiro atoms. The zero-order valence-corrected chi connectivity index (χ0v) is 11.3. The van der Waals surface area contributed by atoms with Crippen molar-refractivity contribution in [2.24, 2.45) is 5.73 Å². The fourth-order valence-corrected chi connectivity index (χ4v) is 2.04. The molecule has 2 rings (SSSR count). The van der Waals surface area contributed by atoms with Crippen molar-refractivity contribution >= 4 is 0 Å². The van der Waals surface area contributed by atoms with Crippen LogP contribution in [-0.2, 0) is 6.42 Å². The second-order valence-electron chi connectivity index (χ2n) is 4.52. The molecule has 1 atom stereocenters. The molecule has 0 saturated carbocycles. The third-order valence-corrected chi connectivity index (χ3v) is 3.05. The van der Waals surface area contributed by atoms with Crippen molar-refractivity contribution in [3.8, 4) is 5.75 Å². The van der Waals surface area contributed by atoms with Crippen molar-refractivity contribution in [3.05, 3.63) is 59.9 Å². The first-order chi connectivity index (χ1) is 9.29. The van der Waals surface area contributed by atoms with E-state index < -0.39 is 0 Å². The first-order valence-corrected chi connectivity index (χ1v) is 6.67. The fourth-order valence-electron chi connectivity index (χ4n) is 2.04. The number of pyridine rings is 1. The van der Waals surface area contributed by atoms with Crippen molar-refractivity contribution in [2.75, 3.05) is 6.61 Å². The lowest BCUT2D eigenvalue weighted by atomic mass is 10.0. The predicted molar refractivity (Wildman–Crippen MR) is 77.1 cm³/mol. The second kappa shape index (κ2) is 6.90. The molecule has 1 aromatic heterocycles. The number of aryl methyl sites for hydroxylation is 1. The van der Waals surface area contributed by atoms with E-state index in [4.69, 9.17) is 10.5 Å². The molecule has 2 aromatic rings. The summed E-state index contributed by atoms with van der Waals surface area (Å²) in [5, 5.41) is 0.